The number of hydrogen-bond acceptors (Lipinski definition) is 3. The Morgan fingerprint density at radius 1 is 1.62 bits per heavy atom. The lowest BCUT2D eigenvalue weighted by Gasteiger charge is -2.19. The van der Waals surface area contributed by atoms with Gasteiger partial charge in [-0.15, -0.1) is 0 Å². The molecule has 0 atom stereocenters. The second kappa shape index (κ2) is 8.19. The number of rotatable bonds is 5. The number of hydrogen-bond donors (Lipinski definition) is 2. The van der Waals surface area contributed by atoms with Crippen LogP contribution < -0.4 is 11.3 Å². The van der Waals surface area contributed by atoms with Crippen LogP contribution in [0.4, 0.5) is 0 Å². The van der Waals surface area contributed by atoms with Crippen molar-refractivity contribution < 1.29 is 0 Å². The van der Waals surface area contributed by atoms with Crippen molar-refractivity contribution in [3.63, 3.8) is 0 Å². The highest BCUT2D eigenvalue weighted by Gasteiger charge is 2.02. The van der Waals surface area contributed by atoms with Crippen molar-refractivity contribution in [1.82, 2.24) is 10.3 Å². The van der Waals surface area contributed by atoms with Gasteiger partial charge in [-0.1, -0.05) is 6.92 Å². The molecular formula is C8H20N4S. The second-order valence-corrected chi connectivity index (χ2v) is 3.75. The molecule has 0 radical (unpaired) electrons. The first-order valence-corrected chi connectivity index (χ1v) is 5.86. The van der Waals surface area contributed by atoms with Gasteiger partial charge in [-0.25, -0.2) is 5.84 Å². The smallest absolute Gasteiger partial charge is 0.208 e. The number of nitrogens with one attached hydrogen (secondary N) is 1. The summed E-state index contributed by atoms with van der Waals surface area (Å²) in [4.78, 5) is 6.34. The van der Waals surface area contributed by atoms with Crippen LogP contribution in [0.15, 0.2) is 4.99 Å². The Morgan fingerprint density at radius 2 is 2.31 bits per heavy atom. The van der Waals surface area contributed by atoms with E-state index in [1.54, 1.807) is 0 Å². The highest BCUT2D eigenvalue weighted by molar-refractivity contribution is 7.98. The van der Waals surface area contributed by atoms with Crippen LogP contribution in [0, 0.1) is 0 Å². The lowest BCUT2D eigenvalue weighted by Crippen LogP contribution is -2.43. The minimum absolute atomic E-state index is 0.774. The molecule has 0 aromatic rings. The highest BCUT2D eigenvalue weighted by atomic mass is 32.2. The van der Waals surface area contributed by atoms with Crippen LogP contribution in [0.3, 0.4) is 0 Å². The first kappa shape index (κ1) is 12.6. The summed E-state index contributed by atoms with van der Waals surface area (Å²) in [6.07, 6.45) is 3.13. The van der Waals surface area contributed by atoms with E-state index in [9.17, 15) is 0 Å². The molecule has 13 heavy (non-hydrogen) atoms. The second-order valence-electron chi connectivity index (χ2n) is 2.76. The Balaban J connectivity index is 3.90. The molecule has 0 heterocycles. The predicted octanol–water partition coefficient (Wildman–Crippen LogP) is 0.511. The van der Waals surface area contributed by atoms with Gasteiger partial charge >= 0.3 is 0 Å². The van der Waals surface area contributed by atoms with E-state index in [4.69, 9.17) is 5.84 Å². The Bertz CT molecular complexity index is 149. The molecule has 0 saturated heterocycles. The van der Waals surface area contributed by atoms with E-state index < -0.39 is 0 Å². The zero-order valence-electron chi connectivity index (χ0n) is 8.71. The van der Waals surface area contributed by atoms with Crippen molar-refractivity contribution in [3.05, 3.63) is 0 Å². The van der Waals surface area contributed by atoms with E-state index in [2.05, 4.69) is 23.6 Å². The number of aliphatic imine (C=N–C) groups is 1. The molecular weight excluding hydrogens is 184 g/mol. The molecule has 0 aromatic carbocycles. The van der Waals surface area contributed by atoms with E-state index in [1.807, 2.05) is 23.7 Å². The van der Waals surface area contributed by atoms with Gasteiger partial charge < -0.3 is 4.90 Å². The van der Waals surface area contributed by atoms with E-state index in [0.717, 1.165) is 31.2 Å². The van der Waals surface area contributed by atoms with Crippen LogP contribution >= 0.6 is 11.8 Å². The first-order valence-electron chi connectivity index (χ1n) is 4.47. The lowest BCUT2D eigenvalue weighted by atomic mass is 10.5. The van der Waals surface area contributed by atoms with Gasteiger partial charge in [0.05, 0.1) is 0 Å². The molecule has 0 unspecified atom stereocenters. The van der Waals surface area contributed by atoms with Crippen molar-refractivity contribution in [3.8, 4) is 0 Å². The van der Waals surface area contributed by atoms with Crippen molar-refractivity contribution in [2.24, 2.45) is 10.8 Å². The zero-order valence-corrected chi connectivity index (χ0v) is 9.52. The molecule has 5 heteroatoms. The number of hydrazine groups is 1. The van der Waals surface area contributed by atoms with Gasteiger partial charge in [0.2, 0.25) is 5.96 Å². The SMILES string of the molecule is CCCN=C(NN)N(C)CCSC. The monoisotopic (exact) mass is 204 g/mol. The van der Waals surface area contributed by atoms with Gasteiger partial charge in [-0.2, -0.15) is 11.8 Å². The molecule has 78 valence electrons. The molecule has 4 nitrogen and oxygen atoms in total. The maximum absolute atomic E-state index is 5.36. The minimum atomic E-state index is 0.774. The fraction of sp³-hybridized carbons (Fsp3) is 0.875. The standard InChI is InChI=1S/C8H20N4S/c1-4-5-10-8(11-9)12(2)6-7-13-3/h4-7,9H2,1-3H3,(H,10,11). The summed E-state index contributed by atoms with van der Waals surface area (Å²) >= 11 is 1.82. The third-order valence-electron chi connectivity index (χ3n) is 1.61. The number of nitrogens with zero attached hydrogens (tertiary/aromatic N) is 2. The molecule has 0 rings (SSSR count). The summed E-state index contributed by atoms with van der Waals surface area (Å²) in [6, 6.07) is 0. The summed E-state index contributed by atoms with van der Waals surface area (Å²) < 4.78 is 0. The molecule has 0 saturated carbocycles. The van der Waals surface area contributed by atoms with Crippen molar-refractivity contribution >= 4 is 17.7 Å². The van der Waals surface area contributed by atoms with E-state index >= 15 is 0 Å². The number of nitrogens with two attached hydrogens (primary N) is 1. The summed E-state index contributed by atoms with van der Waals surface area (Å²) in [5.74, 6) is 7.22. The van der Waals surface area contributed by atoms with Gasteiger partial charge in [0.15, 0.2) is 0 Å². The molecule has 0 amide bonds. The average molecular weight is 204 g/mol. The van der Waals surface area contributed by atoms with Crippen molar-refractivity contribution in [1.29, 1.82) is 0 Å². The Kier molecular flexibility index (Phi) is 7.93. The summed E-state index contributed by atoms with van der Waals surface area (Å²) in [6.45, 7) is 3.89. The van der Waals surface area contributed by atoms with E-state index in [-0.39, 0.29) is 0 Å². The summed E-state index contributed by atoms with van der Waals surface area (Å²) in [7, 11) is 1.99. The van der Waals surface area contributed by atoms with Gasteiger partial charge in [0.25, 0.3) is 0 Å². The topological polar surface area (TPSA) is 53.6 Å². The van der Waals surface area contributed by atoms with Crippen LogP contribution in [0.1, 0.15) is 13.3 Å². The Labute approximate surface area is 84.9 Å². The normalized spacial score (nSPS) is 11.5. The highest BCUT2D eigenvalue weighted by Crippen LogP contribution is 1.93. The van der Waals surface area contributed by atoms with Gasteiger partial charge in [0.1, 0.15) is 0 Å². The quantitative estimate of drug-likeness (QED) is 0.296. The average Bonchev–Trinajstić information content (AvgIpc) is 2.16. The first-order chi connectivity index (χ1) is 6.26. The van der Waals surface area contributed by atoms with Crippen molar-refractivity contribution in [2.45, 2.75) is 13.3 Å². The Morgan fingerprint density at radius 3 is 2.77 bits per heavy atom. The number of guanidine groups is 1. The van der Waals surface area contributed by atoms with Crippen LogP contribution in [0.5, 0.6) is 0 Å². The summed E-state index contributed by atoms with van der Waals surface area (Å²) in [5.41, 5.74) is 2.61. The predicted molar refractivity (Wildman–Crippen MR) is 60.9 cm³/mol. The maximum Gasteiger partial charge on any atom is 0.208 e. The Hall–Kier alpha value is -0.420. The lowest BCUT2D eigenvalue weighted by molar-refractivity contribution is 0.513. The molecule has 0 fully saturated rings. The molecule has 0 aromatic heterocycles. The third kappa shape index (κ3) is 5.76. The van der Waals surface area contributed by atoms with Crippen LogP contribution in [-0.2, 0) is 0 Å². The van der Waals surface area contributed by atoms with Gasteiger partial charge in [-0.3, -0.25) is 10.4 Å². The minimum Gasteiger partial charge on any atom is -0.344 e. The molecule has 0 aliphatic rings. The summed E-state index contributed by atoms with van der Waals surface area (Å²) in [5, 5.41) is 0. The number of thioether (sulfide) groups is 1. The third-order valence-corrected chi connectivity index (χ3v) is 2.20. The van der Waals surface area contributed by atoms with Crippen LogP contribution in [0.25, 0.3) is 0 Å². The molecule has 3 N–H and O–H groups in total. The van der Waals surface area contributed by atoms with E-state index in [0.29, 0.717) is 0 Å². The van der Waals surface area contributed by atoms with Crippen LogP contribution in [-0.4, -0.2) is 43.0 Å². The van der Waals surface area contributed by atoms with Crippen LogP contribution in [0.2, 0.25) is 0 Å². The van der Waals surface area contributed by atoms with Crippen molar-refractivity contribution in [2.75, 3.05) is 32.1 Å². The largest absolute Gasteiger partial charge is 0.344 e. The van der Waals surface area contributed by atoms with Gasteiger partial charge in [0, 0.05) is 25.9 Å². The van der Waals surface area contributed by atoms with Gasteiger partial charge in [-0.05, 0) is 12.7 Å². The zero-order chi connectivity index (χ0) is 10.1. The molecule has 0 aliphatic carbocycles. The fourth-order valence-electron chi connectivity index (χ4n) is 0.828. The molecule has 0 spiro atoms. The maximum atomic E-state index is 5.36. The molecule has 0 bridgehead atoms. The van der Waals surface area contributed by atoms with E-state index in [1.165, 1.54) is 0 Å². The molecule has 0 aliphatic heterocycles. The fourth-order valence-corrected chi connectivity index (χ4v) is 1.28.